The molecule has 0 bridgehead atoms. The van der Waals surface area contributed by atoms with E-state index in [0.29, 0.717) is 32.9 Å². The number of imidazole rings is 1. The zero-order valence-corrected chi connectivity index (χ0v) is 18.1. The summed E-state index contributed by atoms with van der Waals surface area (Å²) < 4.78 is 11.4. The van der Waals surface area contributed by atoms with Crippen LogP contribution in [0, 0.1) is 0 Å². The first-order valence-corrected chi connectivity index (χ1v) is 10.3. The van der Waals surface area contributed by atoms with Crippen molar-refractivity contribution in [2.45, 2.75) is 13.0 Å². The largest absolute Gasteiger partial charge is 0.497 e. The molecule has 1 atom stereocenters. The van der Waals surface area contributed by atoms with Gasteiger partial charge in [-0.1, -0.05) is 23.2 Å². The van der Waals surface area contributed by atoms with E-state index in [1.54, 1.807) is 19.5 Å². The van der Waals surface area contributed by atoms with Crippen molar-refractivity contribution in [3.63, 3.8) is 0 Å². The van der Waals surface area contributed by atoms with Gasteiger partial charge in [0.1, 0.15) is 23.3 Å². The Labute approximate surface area is 187 Å². The molecule has 3 aromatic heterocycles. The number of aromatic nitrogens is 5. The molecule has 0 fully saturated rings. The van der Waals surface area contributed by atoms with E-state index in [9.17, 15) is 0 Å². The molecule has 0 spiro atoms. The highest BCUT2D eigenvalue weighted by atomic mass is 35.5. The number of methoxy groups -OCH3 is 1. The second kappa shape index (κ2) is 7.76. The summed E-state index contributed by atoms with van der Waals surface area (Å²) in [5.41, 5.74) is 3.96. The summed E-state index contributed by atoms with van der Waals surface area (Å²) in [5, 5.41) is 9.30. The number of rotatable bonds is 5. The minimum absolute atomic E-state index is 0.366. The molecular weight excluding hydrogens is 437 g/mol. The molecule has 31 heavy (non-hydrogen) atoms. The van der Waals surface area contributed by atoms with E-state index in [0.717, 1.165) is 27.7 Å². The molecule has 0 aliphatic carbocycles. The molecule has 9 heteroatoms. The van der Waals surface area contributed by atoms with Crippen molar-refractivity contribution in [2.75, 3.05) is 7.11 Å². The van der Waals surface area contributed by atoms with Gasteiger partial charge in [0.25, 0.3) is 0 Å². The Morgan fingerprint density at radius 1 is 0.968 bits per heavy atom. The van der Waals surface area contributed by atoms with Gasteiger partial charge in [-0.15, -0.1) is 0 Å². The van der Waals surface area contributed by atoms with Gasteiger partial charge in [-0.3, -0.25) is 10.1 Å². The molecule has 3 heterocycles. The molecule has 2 N–H and O–H groups in total. The van der Waals surface area contributed by atoms with Crippen molar-refractivity contribution in [1.29, 1.82) is 0 Å². The molecular formula is C22H17Cl2N5O2. The fourth-order valence-corrected chi connectivity index (χ4v) is 4.22. The van der Waals surface area contributed by atoms with E-state index < -0.39 is 0 Å². The topological polar surface area (TPSA) is 88.7 Å². The molecule has 0 aliphatic heterocycles. The fourth-order valence-electron chi connectivity index (χ4n) is 3.55. The van der Waals surface area contributed by atoms with E-state index in [4.69, 9.17) is 32.7 Å². The van der Waals surface area contributed by atoms with Gasteiger partial charge >= 0.3 is 0 Å². The Bertz CT molecular complexity index is 1390. The van der Waals surface area contributed by atoms with Crippen molar-refractivity contribution in [3.8, 4) is 23.0 Å². The van der Waals surface area contributed by atoms with Crippen LogP contribution in [0.25, 0.3) is 33.5 Å². The molecule has 0 aliphatic rings. The first-order valence-electron chi connectivity index (χ1n) is 9.51. The third-order valence-corrected chi connectivity index (χ3v) is 5.66. The third kappa shape index (κ3) is 3.56. The number of benzene rings is 2. The number of H-pyrrole nitrogens is 2. The van der Waals surface area contributed by atoms with E-state index in [1.165, 1.54) is 0 Å². The molecule has 0 radical (unpaired) electrons. The van der Waals surface area contributed by atoms with Crippen molar-refractivity contribution in [3.05, 3.63) is 64.4 Å². The maximum atomic E-state index is 6.27. The first kappa shape index (κ1) is 19.7. The summed E-state index contributed by atoms with van der Waals surface area (Å²) in [6.45, 7) is 1.89. The van der Waals surface area contributed by atoms with Crippen LogP contribution in [-0.2, 0) is 0 Å². The lowest BCUT2D eigenvalue weighted by molar-refractivity contribution is 0.227. The van der Waals surface area contributed by atoms with Crippen molar-refractivity contribution in [1.82, 2.24) is 25.1 Å². The van der Waals surface area contributed by atoms with E-state index >= 15 is 0 Å². The van der Waals surface area contributed by atoms with Gasteiger partial charge in [-0.25, -0.2) is 4.98 Å². The predicted molar refractivity (Wildman–Crippen MR) is 121 cm³/mol. The van der Waals surface area contributed by atoms with Crippen LogP contribution in [0.15, 0.2) is 48.8 Å². The second-order valence-corrected chi connectivity index (χ2v) is 7.84. The van der Waals surface area contributed by atoms with E-state index in [-0.39, 0.29) is 6.10 Å². The zero-order valence-electron chi connectivity index (χ0n) is 16.6. The van der Waals surface area contributed by atoms with Gasteiger partial charge in [-0.2, -0.15) is 5.10 Å². The van der Waals surface area contributed by atoms with Crippen molar-refractivity contribution in [2.24, 2.45) is 0 Å². The van der Waals surface area contributed by atoms with Crippen LogP contribution in [0.2, 0.25) is 10.0 Å². The van der Waals surface area contributed by atoms with E-state index in [1.807, 2.05) is 43.3 Å². The lowest BCUT2D eigenvalue weighted by Crippen LogP contribution is -2.05. The summed E-state index contributed by atoms with van der Waals surface area (Å²) in [6.07, 6.45) is 2.74. The van der Waals surface area contributed by atoms with Gasteiger partial charge in [0.15, 0.2) is 5.82 Å². The van der Waals surface area contributed by atoms with Crippen molar-refractivity contribution >= 4 is 45.1 Å². The fraction of sp³-hybridized carbons (Fsp3) is 0.136. The lowest BCUT2D eigenvalue weighted by atomic mass is 10.1. The number of aromatic amines is 2. The van der Waals surface area contributed by atoms with Crippen molar-refractivity contribution < 1.29 is 9.47 Å². The van der Waals surface area contributed by atoms with Crippen LogP contribution in [0.3, 0.4) is 0 Å². The quantitative estimate of drug-likeness (QED) is 0.342. The molecule has 5 aromatic rings. The van der Waals surface area contributed by atoms with Gasteiger partial charge in [0.05, 0.1) is 33.7 Å². The van der Waals surface area contributed by atoms with Crippen LogP contribution < -0.4 is 9.47 Å². The highest BCUT2D eigenvalue weighted by Gasteiger charge is 2.18. The zero-order chi connectivity index (χ0) is 21.5. The number of pyridine rings is 1. The van der Waals surface area contributed by atoms with Gasteiger partial charge in [0.2, 0.25) is 0 Å². The Morgan fingerprint density at radius 2 is 1.74 bits per heavy atom. The Balaban J connectivity index is 1.51. The highest BCUT2D eigenvalue weighted by Crippen LogP contribution is 2.34. The maximum absolute atomic E-state index is 6.27. The maximum Gasteiger partial charge on any atom is 0.159 e. The molecule has 0 amide bonds. The minimum Gasteiger partial charge on any atom is -0.497 e. The summed E-state index contributed by atoms with van der Waals surface area (Å²) in [7, 11) is 1.63. The second-order valence-electron chi connectivity index (χ2n) is 7.02. The number of halogens is 2. The monoisotopic (exact) mass is 453 g/mol. The molecule has 0 saturated carbocycles. The molecule has 0 saturated heterocycles. The Morgan fingerprint density at radius 3 is 2.52 bits per heavy atom. The number of hydrogen-bond donors (Lipinski definition) is 2. The standard InChI is InChI=1S/C22H17Cl2N5O2/c1-11(20-15(23)9-25-10-16(20)24)31-13-4-5-17-14(7-13)21(29-28-17)22-26-18-6-3-12(30-2)8-19(18)27-22/h3-11H,1-2H3,(H,26,27)(H,28,29). The SMILES string of the molecule is COc1ccc2nc(-c3n[nH]c4ccc(OC(C)c5c(Cl)cncc5Cl)cc34)[nH]c2c1. The minimum atomic E-state index is -0.366. The van der Waals surface area contributed by atoms with Crippen LogP contribution in [0.5, 0.6) is 11.5 Å². The average molecular weight is 454 g/mol. The van der Waals surface area contributed by atoms with Crippen LogP contribution >= 0.6 is 23.2 Å². The molecule has 2 aromatic carbocycles. The smallest absolute Gasteiger partial charge is 0.159 e. The summed E-state index contributed by atoms with van der Waals surface area (Å²) in [4.78, 5) is 12.0. The van der Waals surface area contributed by atoms with Gasteiger partial charge in [-0.05, 0) is 37.3 Å². The number of nitrogens with one attached hydrogen (secondary N) is 2. The van der Waals surface area contributed by atoms with Crippen LogP contribution in [-0.4, -0.2) is 32.3 Å². The predicted octanol–water partition coefficient (Wildman–Crippen LogP) is 5.96. The normalized spacial score (nSPS) is 12.4. The Kier molecular flexibility index (Phi) is 4.92. The Hall–Kier alpha value is -3.29. The number of hydrogen-bond acceptors (Lipinski definition) is 5. The number of fused-ring (bicyclic) bond motifs is 2. The summed E-state index contributed by atoms with van der Waals surface area (Å²) in [6, 6.07) is 11.4. The summed E-state index contributed by atoms with van der Waals surface area (Å²) in [5.74, 6) is 2.07. The molecule has 1 unspecified atom stereocenters. The van der Waals surface area contributed by atoms with Crippen LogP contribution in [0.4, 0.5) is 0 Å². The van der Waals surface area contributed by atoms with Gasteiger partial charge in [0, 0.05) is 29.4 Å². The third-order valence-electron chi connectivity index (χ3n) is 5.06. The lowest BCUT2D eigenvalue weighted by Gasteiger charge is -2.17. The average Bonchev–Trinajstić information content (AvgIpc) is 3.36. The van der Waals surface area contributed by atoms with Gasteiger partial charge < -0.3 is 14.5 Å². The number of nitrogens with zero attached hydrogens (tertiary/aromatic N) is 3. The molecule has 7 nitrogen and oxygen atoms in total. The molecule has 156 valence electrons. The first-order chi connectivity index (χ1) is 15.0. The van der Waals surface area contributed by atoms with Crippen LogP contribution in [0.1, 0.15) is 18.6 Å². The van der Waals surface area contributed by atoms with E-state index in [2.05, 4.69) is 25.1 Å². The summed E-state index contributed by atoms with van der Waals surface area (Å²) >= 11 is 12.5. The highest BCUT2D eigenvalue weighted by molar-refractivity contribution is 6.35. The molecule has 5 rings (SSSR count). The number of ether oxygens (including phenoxy) is 2.